The summed E-state index contributed by atoms with van der Waals surface area (Å²) in [5.41, 5.74) is -1.56. The van der Waals surface area contributed by atoms with Crippen molar-refractivity contribution in [1.82, 2.24) is 4.98 Å². The minimum Gasteiger partial charge on any atom is -0.511 e. The molecule has 2 aromatic rings. The summed E-state index contributed by atoms with van der Waals surface area (Å²) in [6.07, 6.45) is 3.46. The number of carbonyl (C=O) groups is 3. The monoisotopic (exact) mass is 519 g/mol. The Morgan fingerprint density at radius 2 is 1.84 bits per heavy atom. The van der Waals surface area contributed by atoms with E-state index in [1.807, 2.05) is 0 Å². The molecule has 4 N–H and O–H groups in total. The van der Waals surface area contributed by atoms with E-state index in [2.05, 4.69) is 4.98 Å². The van der Waals surface area contributed by atoms with Gasteiger partial charge in [-0.15, -0.1) is 0 Å². The smallest absolute Gasteiger partial charge is 0.209 e. The number of pyridine rings is 1. The number of phenolic OH excluding ortho intramolecular Hbond substituents is 1. The number of nitrogens with zero attached hydrogens (tertiary/aromatic N) is 1. The predicted molar refractivity (Wildman–Crippen MR) is 136 cm³/mol. The number of aromatic nitrogens is 1. The lowest BCUT2D eigenvalue weighted by atomic mass is 9.55. The van der Waals surface area contributed by atoms with Crippen molar-refractivity contribution in [3.05, 3.63) is 64.4 Å². The number of aliphatic hydroxyl groups excluding tert-OH is 2. The zero-order valence-electron chi connectivity index (χ0n) is 21.5. The lowest BCUT2D eigenvalue weighted by molar-refractivity contribution is -0.149. The topological polar surface area (TPSA) is 154 Å². The summed E-state index contributed by atoms with van der Waals surface area (Å²) in [5, 5.41) is 44.9. The Kier molecular flexibility index (Phi) is 5.94. The van der Waals surface area contributed by atoms with Crippen LogP contribution < -0.4 is 4.74 Å². The standard InChI is InChI=1S/C29H29NO8/c1-12(2)21-18-10-14-9-16-15(17-11-30-8-7-20(17)38-4)5-6-19(32)24(16)26(34)23(14)28(36)29(18,37)27(35)22(13(3)31)25(21)33/h5-8,11-12,14,18,21,32-33,36-37H,9-10H2,1-4H3/t14-,18-,21?,29+/m1/s1. The van der Waals surface area contributed by atoms with Crippen molar-refractivity contribution < 1.29 is 39.5 Å². The summed E-state index contributed by atoms with van der Waals surface area (Å²) in [4.78, 5) is 43.8. The molecule has 5 rings (SSSR count). The first-order chi connectivity index (χ1) is 17.9. The van der Waals surface area contributed by atoms with E-state index in [0.717, 1.165) is 6.92 Å². The molecular formula is C29H29NO8. The van der Waals surface area contributed by atoms with E-state index in [1.54, 1.807) is 38.4 Å². The van der Waals surface area contributed by atoms with Crippen molar-refractivity contribution in [2.45, 2.75) is 39.2 Å². The van der Waals surface area contributed by atoms with Crippen molar-refractivity contribution in [1.29, 1.82) is 0 Å². The number of Topliss-reactive ketones (excluding diaryl/α,β-unsaturated/α-hetero) is 3. The fraction of sp³-hybridized carbons (Fsp3) is 0.379. The molecule has 0 aliphatic heterocycles. The number of hydrogen-bond acceptors (Lipinski definition) is 9. The van der Waals surface area contributed by atoms with Gasteiger partial charge in [0.1, 0.15) is 28.6 Å². The van der Waals surface area contributed by atoms with Gasteiger partial charge < -0.3 is 25.2 Å². The van der Waals surface area contributed by atoms with Gasteiger partial charge in [0.05, 0.1) is 12.7 Å². The lowest BCUT2D eigenvalue weighted by Gasteiger charge is -2.50. The van der Waals surface area contributed by atoms with E-state index < -0.39 is 57.8 Å². The van der Waals surface area contributed by atoms with Gasteiger partial charge in [0, 0.05) is 35.4 Å². The Morgan fingerprint density at radius 1 is 1.13 bits per heavy atom. The zero-order chi connectivity index (χ0) is 27.7. The molecule has 1 aromatic heterocycles. The maximum Gasteiger partial charge on any atom is 0.209 e. The highest BCUT2D eigenvalue weighted by atomic mass is 16.5. The van der Waals surface area contributed by atoms with E-state index in [9.17, 15) is 34.8 Å². The van der Waals surface area contributed by atoms with E-state index in [-0.39, 0.29) is 35.6 Å². The molecule has 0 amide bonds. The SMILES string of the molecule is COc1ccncc1-c1ccc(O)c2c1C[C@@H]1C[C@@H]3C(C(C)C)C(O)=C(C(C)=O)C(=O)[C@]3(O)C(O)=C1C2=O. The number of phenols is 1. The van der Waals surface area contributed by atoms with Crippen molar-refractivity contribution >= 4 is 17.3 Å². The third kappa shape index (κ3) is 3.34. The second-order valence-corrected chi connectivity index (χ2v) is 10.6. The van der Waals surface area contributed by atoms with Crippen LogP contribution in [0.3, 0.4) is 0 Å². The highest BCUT2D eigenvalue weighted by molar-refractivity contribution is 6.25. The molecule has 0 saturated carbocycles. The zero-order valence-corrected chi connectivity index (χ0v) is 21.5. The van der Waals surface area contributed by atoms with Crippen LogP contribution in [0, 0.1) is 23.7 Å². The Labute approximate surface area is 219 Å². The van der Waals surface area contributed by atoms with Gasteiger partial charge >= 0.3 is 0 Å². The van der Waals surface area contributed by atoms with E-state index >= 15 is 0 Å². The molecule has 0 saturated heterocycles. The van der Waals surface area contributed by atoms with Crippen LogP contribution in [0.1, 0.15) is 43.1 Å². The van der Waals surface area contributed by atoms with Crippen LogP contribution in [0.15, 0.2) is 53.3 Å². The molecule has 38 heavy (non-hydrogen) atoms. The summed E-state index contributed by atoms with van der Waals surface area (Å²) in [5.74, 6) is -6.27. The Balaban J connectivity index is 1.74. The largest absolute Gasteiger partial charge is 0.511 e. The molecule has 1 aromatic carbocycles. The van der Waals surface area contributed by atoms with Crippen LogP contribution in [0.25, 0.3) is 11.1 Å². The minimum absolute atomic E-state index is 0.0397. The normalized spacial score (nSPS) is 26.7. The second-order valence-electron chi connectivity index (χ2n) is 10.6. The molecule has 9 heteroatoms. The van der Waals surface area contributed by atoms with Crippen molar-refractivity contribution in [2.24, 2.45) is 23.7 Å². The molecule has 0 spiro atoms. The van der Waals surface area contributed by atoms with Crippen molar-refractivity contribution in [2.75, 3.05) is 7.11 Å². The van der Waals surface area contributed by atoms with Gasteiger partial charge in [0.15, 0.2) is 17.2 Å². The van der Waals surface area contributed by atoms with Gasteiger partial charge in [0.2, 0.25) is 5.78 Å². The number of allylic oxidation sites excluding steroid dienone is 2. The van der Waals surface area contributed by atoms with E-state index in [1.165, 1.54) is 13.2 Å². The third-order valence-corrected chi connectivity index (χ3v) is 8.25. The Hall–Kier alpha value is -3.98. The number of methoxy groups -OCH3 is 1. The van der Waals surface area contributed by atoms with Crippen LogP contribution in [-0.2, 0) is 16.0 Å². The number of ether oxygens (including phenoxy) is 1. The average molecular weight is 520 g/mol. The predicted octanol–water partition coefficient (Wildman–Crippen LogP) is 3.64. The highest BCUT2D eigenvalue weighted by Gasteiger charge is 2.62. The molecule has 1 unspecified atom stereocenters. The Morgan fingerprint density at radius 3 is 2.47 bits per heavy atom. The summed E-state index contributed by atoms with van der Waals surface area (Å²) < 4.78 is 5.48. The lowest BCUT2D eigenvalue weighted by Crippen LogP contribution is -2.60. The number of fused-ring (bicyclic) bond motifs is 3. The summed E-state index contributed by atoms with van der Waals surface area (Å²) >= 11 is 0. The molecule has 0 radical (unpaired) electrons. The number of aromatic hydroxyl groups is 1. The maximum atomic E-state index is 13.9. The number of carbonyl (C=O) groups excluding carboxylic acids is 3. The van der Waals surface area contributed by atoms with Gasteiger partial charge in [-0.3, -0.25) is 19.4 Å². The van der Waals surface area contributed by atoms with Gasteiger partial charge in [-0.25, -0.2) is 0 Å². The van der Waals surface area contributed by atoms with Gasteiger partial charge in [-0.2, -0.15) is 0 Å². The highest BCUT2D eigenvalue weighted by Crippen LogP contribution is 2.55. The van der Waals surface area contributed by atoms with Crippen molar-refractivity contribution in [3.63, 3.8) is 0 Å². The average Bonchev–Trinajstić information content (AvgIpc) is 2.86. The number of hydrogen-bond donors (Lipinski definition) is 4. The number of rotatable bonds is 4. The molecule has 3 aliphatic carbocycles. The number of aliphatic hydroxyl groups is 3. The molecule has 4 atom stereocenters. The van der Waals surface area contributed by atoms with Gasteiger partial charge in [-0.1, -0.05) is 19.9 Å². The van der Waals surface area contributed by atoms with Crippen LogP contribution >= 0.6 is 0 Å². The maximum absolute atomic E-state index is 13.9. The first kappa shape index (κ1) is 25.7. The molecule has 0 bridgehead atoms. The molecule has 3 aliphatic rings. The molecule has 0 fully saturated rings. The molecule has 1 heterocycles. The summed E-state index contributed by atoms with van der Waals surface area (Å²) in [6.45, 7) is 4.68. The van der Waals surface area contributed by atoms with Crippen molar-refractivity contribution in [3.8, 4) is 22.6 Å². The number of ketones is 3. The molecule has 198 valence electrons. The molecular weight excluding hydrogens is 490 g/mol. The quantitative estimate of drug-likeness (QED) is 0.443. The summed E-state index contributed by atoms with van der Waals surface area (Å²) in [7, 11) is 1.51. The molecule has 9 nitrogen and oxygen atoms in total. The van der Waals surface area contributed by atoms with E-state index in [0.29, 0.717) is 22.4 Å². The van der Waals surface area contributed by atoms with Gasteiger partial charge in [0.25, 0.3) is 0 Å². The third-order valence-electron chi connectivity index (χ3n) is 8.25. The van der Waals surface area contributed by atoms with E-state index in [4.69, 9.17) is 4.74 Å². The first-order valence-electron chi connectivity index (χ1n) is 12.5. The fourth-order valence-corrected chi connectivity index (χ4v) is 6.61. The Bertz CT molecular complexity index is 1470. The van der Waals surface area contributed by atoms with Crippen LogP contribution in [0.2, 0.25) is 0 Å². The minimum atomic E-state index is -2.55. The van der Waals surface area contributed by atoms with Crippen LogP contribution in [0.4, 0.5) is 0 Å². The first-order valence-corrected chi connectivity index (χ1v) is 12.5. The number of benzene rings is 1. The fourth-order valence-electron chi connectivity index (χ4n) is 6.61. The van der Waals surface area contributed by atoms with Crippen LogP contribution in [-0.4, -0.2) is 55.5 Å². The van der Waals surface area contributed by atoms with Crippen LogP contribution in [0.5, 0.6) is 11.5 Å². The van der Waals surface area contributed by atoms with Gasteiger partial charge in [-0.05, 0) is 54.9 Å². The second kappa shape index (κ2) is 8.80. The summed E-state index contributed by atoms with van der Waals surface area (Å²) in [6, 6.07) is 4.72.